The third kappa shape index (κ3) is 2.96. The Bertz CT molecular complexity index is 571. The number of anilines is 2. The predicted molar refractivity (Wildman–Crippen MR) is 89.6 cm³/mol. The van der Waals surface area contributed by atoms with E-state index in [1.54, 1.807) is 11.3 Å². The van der Waals surface area contributed by atoms with Crippen molar-refractivity contribution in [3.8, 4) is 11.3 Å². The summed E-state index contributed by atoms with van der Waals surface area (Å²) in [5, 5.41) is 3.28. The van der Waals surface area contributed by atoms with E-state index in [1.807, 2.05) is 6.07 Å². The molecule has 1 heterocycles. The molecule has 2 rings (SSSR count). The fourth-order valence-corrected chi connectivity index (χ4v) is 3.10. The smallest absolute Gasteiger partial charge is 0.0958 e. The molecule has 2 aromatic rings. The summed E-state index contributed by atoms with van der Waals surface area (Å²) in [6.45, 7) is 10.6. The van der Waals surface area contributed by atoms with Crippen LogP contribution in [0.25, 0.3) is 11.3 Å². The van der Waals surface area contributed by atoms with Gasteiger partial charge in [0.2, 0.25) is 0 Å². The van der Waals surface area contributed by atoms with Gasteiger partial charge in [0.1, 0.15) is 0 Å². The van der Waals surface area contributed by atoms with Gasteiger partial charge in [0.25, 0.3) is 0 Å². The van der Waals surface area contributed by atoms with E-state index in [4.69, 9.17) is 5.73 Å². The summed E-state index contributed by atoms with van der Waals surface area (Å²) in [4.78, 5) is 6.95. The molecule has 108 valence electrons. The van der Waals surface area contributed by atoms with Crippen molar-refractivity contribution in [2.24, 2.45) is 0 Å². The van der Waals surface area contributed by atoms with E-state index in [0.717, 1.165) is 35.7 Å². The van der Waals surface area contributed by atoms with Gasteiger partial charge in [-0.25, -0.2) is 4.98 Å². The monoisotopic (exact) mass is 289 g/mol. The van der Waals surface area contributed by atoms with Gasteiger partial charge in [-0.2, -0.15) is 0 Å². The van der Waals surface area contributed by atoms with E-state index in [2.05, 4.69) is 55.1 Å². The molecule has 0 spiro atoms. The van der Waals surface area contributed by atoms with E-state index in [1.165, 1.54) is 5.01 Å². The normalized spacial score (nSPS) is 11.1. The summed E-state index contributed by atoms with van der Waals surface area (Å²) < 4.78 is 0. The van der Waals surface area contributed by atoms with Gasteiger partial charge in [0.05, 0.1) is 22.1 Å². The molecular weight excluding hydrogens is 266 g/mol. The van der Waals surface area contributed by atoms with Crippen molar-refractivity contribution in [2.45, 2.75) is 33.6 Å². The molecule has 3 nitrogen and oxygen atoms in total. The fraction of sp³-hybridized carbons (Fsp3) is 0.438. The maximum absolute atomic E-state index is 6.21. The van der Waals surface area contributed by atoms with Crippen LogP contribution in [0.4, 0.5) is 11.4 Å². The van der Waals surface area contributed by atoms with Gasteiger partial charge in [-0.05, 0) is 26.0 Å². The van der Waals surface area contributed by atoms with Gasteiger partial charge in [-0.3, -0.25) is 0 Å². The lowest BCUT2D eigenvalue weighted by molar-refractivity contribution is 0.853. The number of benzene rings is 1. The molecule has 1 aromatic heterocycles. The average molecular weight is 289 g/mol. The van der Waals surface area contributed by atoms with Crippen LogP contribution >= 0.6 is 11.3 Å². The standard InChI is InChI=1S/C16H23N3S/c1-5-19(6-2)15-8-7-12(9-13(15)17)14-10-20-16(18-14)11(3)4/h7-11H,5-6,17H2,1-4H3. The third-order valence-electron chi connectivity index (χ3n) is 3.44. The number of nitrogen functional groups attached to an aromatic ring is 1. The zero-order valence-corrected chi connectivity index (χ0v) is 13.5. The highest BCUT2D eigenvalue weighted by atomic mass is 32.1. The molecule has 0 saturated heterocycles. The van der Waals surface area contributed by atoms with Crippen LogP contribution in [0.2, 0.25) is 0 Å². The summed E-state index contributed by atoms with van der Waals surface area (Å²) in [5.41, 5.74) is 10.3. The second-order valence-corrected chi connectivity index (χ2v) is 6.06. The molecule has 0 aliphatic carbocycles. The average Bonchev–Trinajstić information content (AvgIpc) is 2.91. The Morgan fingerprint density at radius 1 is 1.25 bits per heavy atom. The van der Waals surface area contributed by atoms with E-state index >= 15 is 0 Å². The number of nitrogens with zero attached hydrogens (tertiary/aromatic N) is 2. The van der Waals surface area contributed by atoms with Crippen molar-refractivity contribution in [3.63, 3.8) is 0 Å². The number of hydrogen-bond donors (Lipinski definition) is 1. The van der Waals surface area contributed by atoms with Crippen molar-refractivity contribution in [1.29, 1.82) is 0 Å². The molecule has 0 bridgehead atoms. The Kier molecular flexibility index (Phi) is 4.65. The minimum Gasteiger partial charge on any atom is -0.397 e. The molecule has 0 saturated carbocycles. The quantitative estimate of drug-likeness (QED) is 0.831. The van der Waals surface area contributed by atoms with Gasteiger partial charge >= 0.3 is 0 Å². The molecule has 2 N–H and O–H groups in total. The van der Waals surface area contributed by atoms with Crippen molar-refractivity contribution < 1.29 is 0 Å². The molecule has 0 radical (unpaired) electrons. The van der Waals surface area contributed by atoms with Crippen LogP contribution in [-0.4, -0.2) is 18.1 Å². The Hall–Kier alpha value is -1.55. The topological polar surface area (TPSA) is 42.2 Å². The second-order valence-electron chi connectivity index (χ2n) is 5.17. The molecule has 20 heavy (non-hydrogen) atoms. The Balaban J connectivity index is 2.32. The van der Waals surface area contributed by atoms with Crippen LogP contribution in [0.15, 0.2) is 23.6 Å². The fourth-order valence-electron chi connectivity index (χ4n) is 2.25. The van der Waals surface area contributed by atoms with Gasteiger partial charge < -0.3 is 10.6 Å². The number of nitrogens with two attached hydrogens (primary N) is 1. The second kappa shape index (κ2) is 6.27. The zero-order valence-electron chi connectivity index (χ0n) is 12.7. The van der Waals surface area contributed by atoms with E-state index < -0.39 is 0 Å². The van der Waals surface area contributed by atoms with Gasteiger partial charge in [-0.15, -0.1) is 11.3 Å². The summed E-state index contributed by atoms with van der Waals surface area (Å²) in [6, 6.07) is 6.25. The first kappa shape index (κ1) is 14.9. The predicted octanol–water partition coefficient (Wildman–Crippen LogP) is 4.36. The minimum absolute atomic E-state index is 0.473. The van der Waals surface area contributed by atoms with Crippen LogP contribution < -0.4 is 10.6 Å². The van der Waals surface area contributed by atoms with Crippen molar-refractivity contribution in [2.75, 3.05) is 23.7 Å². The molecule has 0 aliphatic heterocycles. The van der Waals surface area contributed by atoms with Crippen LogP contribution in [0.5, 0.6) is 0 Å². The molecular formula is C16H23N3S. The summed E-state index contributed by atoms with van der Waals surface area (Å²) in [6.07, 6.45) is 0. The highest BCUT2D eigenvalue weighted by molar-refractivity contribution is 7.10. The lowest BCUT2D eigenvalue weighted by atomic mass is 10.1. The van der Waals surface area contributed by atoms with Crippen LogP contribution in [0.3, 0.4) is 0 Å². The first-order valence-corrected chi connectivity index (χ1v) is 8.05. The first-order chi connectivity index (χ1) is 9.56. The van der Waals surface area contributed by atoms with Gasteiger partial charge in [0.15, 0.2) is 0 Å². The van der Waals surface area contributed by atoms with E-state index in [9.17, 15) is 0 Å². The van der Waals surface area contributed by atoms with Crippen LogP contribution in [0, 0.1) is 0 Å². The highest BCUT2D eigenvalue weighted by Gasteiger charge is 2.11. The first-order valence-electron chi connectivity index (χ1n) is 7.17. The number of thiazole rings is 1. The van der Waals surface area contributed by atoms with Crippen molar-refractivity contribution >= 4 is 22.7 Å². The molecule has 0 amide bonds. The molecule has 1 aromatic carbocycles. The molecule has 0 aliphatic rings. The maximum Gasteiger partial charge on any atom is 0.0958 e. The Labute approximate surface area is 125 Å². The SMILES string of the molecule is CCN(CC)c1ccc(-c2csc(C(C)C)n2)cc1N. The Morgan fingerprint density at radius 2 is 1.95 bits per heavy atom. The lowest BCUT2D eigenvalue weighted by Gasteiger charge is -2.23. The zero-order chi connectivity index (χ0) is 14.7. The minimum atomic E-state index is 0.473. The lowest BCUT2D eigenvalue weighted by Crippen LogP contribution is -2.22. The third-order valence-corrected chi connectivity index (χ3v) is 4.59. The number of rotatable bonds is 5. The molecule has 0 unspecified atom stereocenters. The van der Waals surface area contributed by atoms with Gasteiger partial charge in [-0.1, -0.05) is 19.9 Å². The molecule has 0 fully saturated rings. The maximum atomic E-state index is 6.21. The largest absolute Gasteiger partial charge is 0.397 e. The van der Waals surface area contributed by atoms with Crippen LogP contribution in [-0.2, 0) is 0 Å². The van der Waals surface area contributed by atoms with Crippen molar-refractivity contribution in [3.05, 3.63) is 28.6 Å². The number of aromatic nitrogens is 1. The summed E-state index contributed by atoms with van der Waals surface area (Å²) in [5.74, 6) is 0.473. The van der Waals surface area contributed by atoms with Crippen LogP contribution in [0.1, 0.15) is 38.6 Å². The number of hydrogen-bond acceptors (Lipinski definition) is 4. The van der Waals surface area contributed by atoms with E-state index in [0.29, 0.717) is 5.92 Å². The molecule has 4 heteroatoms. The van der Waals surface area contributed by atoms with Gasteiger partial charge in [0, 0.05) is 30.0 Å². The highest BCUT2D eigenvalue weighted by Crippen LogP contribution is 2.31. The molecule has 0 atom stereocenters. The Morgan fingerprint density at radius 3 is 2.45 bits per heavy atom. The van der Waals surface area contributed by atoms with E-state index in [-0.39, 0.29) is 0 Å². The summed E-state index contributed by atoms with van der Waals surface area (Å²) in [7, 11) is 0. The van der Waals surface area contributed by atoms with Crippen molar-refractivity contribution in [1.82, 2.24) is 4.98 Å². The summed E-state index contributed by atoms with van der Waals surface area (Å²) >= 11 is 1.72.